The van der Waals surface area contributed by atoms with Gasteiger partial charge in [-0.1, -0.05) is 32.4 Å². The fourth-order valence-corrected chi connectivity index (χ4v) is 10.1. The van der Waals surface area contributed by atoms with E-state index in [1.165, 1.54) is 35.0 Å². The number of ketones is 2. The van der Waals surface area contributed by atoms with Crippen LogP contribution in [0.4, 0.5) is 4.39 Å². The number of Topliss-reactive ketones (excluding diaryl/α,β-unsaturated/α-hetero) is 2. The second kappa shape index (κ2) is 15.6. The SMILES string of the molecule is CC[C@@H]1C[C@H](C)CC/C=C\[C@@H]2C[C@@]2(C(=O)NS(=O)(=O)C2(C)CC2)CC(=O)[C@@H]2C[C@@H](Oc3ncc(OC)c4ccc(F)cc34)CN2C(=O)[C@H]1CC(=O)c1ccn(C)n1. The summed E-state index contributed by atoms with van der Waals surface area (Å²) in [7, 11) is -0.789. The molecule has 2 amide bonds. The summed E-state index contributed by atoms with van der Waals surface area (Å²) in [5.74, 6) is -2.92. The summed E-state index contributed by atoms with van der Waals surface area (Å²) in [5.41, 5.74) is -1.06. The molecule has 306 valence electrons. The first-order chi connectivity index (χ1) is 27.1. The number of hydrogen-bond donors (Lipinski definition) is 1. The van der Waals surface area contributed by atoms with Crippen molar-refractivity contribution >= 4 is 44.2 Å². The van der Waals surface area contributed by atoms with Crippen molar-refractivity contribution in [2.45, 2.75) is 102 Å². The van der Waals surface area contributed by atoms with Gasteiger partial charge in [-0.15, -0.1) is 0 Å². The van der Waals surface area contributed by atoms with Crippen LogP contribution < -0.4 is 14.2 Å². The molecule has 15 heteroatoms. The van der Waals surface area contributed by atoms with E-state index in [1.807, 2.05) is 19.1 Å². The lowest BCUT2D eigenvalue weighted by atomic mass is 9.78. The highest BCUT2D eigenvalue weighted by molar-refractivity contribution is 7.91. The number of benzene rings is 1. The number of carbonyl (C=O) groups is 4. The molecule has 7 rings (SSSR count). The Kier molecular flexibility index (Phi) is 11.1. The number of nitrogens with one attached hydrogen (secondary N) is 1. The van der Waals surface area contributed by atoms with Crippen LogP contribution in [0, 0.1) is 34.9 Å². The van der Waals surface area contributed by atoms with Gasteiger partial charge in [-0.2, -0.15) is 5.10 Å². The Morgan fingerprint density at radius 3 is 2.58 bits per heavy atom. The molecule has 2 aromatic heterocycles. The molecule has 0 spiro atoms. The Morgan fingerprint density at radius 1 is 1.12 bits per heavy atom. The summed E-state index contributed by atoms with van der Waals surface area (Å²) < 4.78 is 55.8. The standard InChI is InChI=1S/C42H52FN5O8S/c1-6-26-17-25(2)9-7-8-10-27-21-42(27,40(52)46-57(53,54)41(3)14-15-41)22-36(50)34-19-29(56-38-32-18-28(43)11-12-30(32)37(55-5)23-44-38)24-48(34)39(51)31(26)20-35(49)33-13-16-47(4)45-33/h8,10-13,16,18,23,25-27,29,31,34H,6-7,9,14-15,17,19-22,24H2,1-5H3,(H,46,52)/b10-8-/t25-,26-,27-,29-,31+,34+,42-/m1/s1. The molecule has 0 unspecified atom stereocenters. The largest absolute Gasteiger partial charge is 0.494 e. The van der Waals surface area contributed by atoms with E-state index in [2.05, 4.69) is 21.7 Å². The Hall–Kier alpha value is -4.66. The number of nitrogens with zero attached hydrogens (tertiary/aromatic N) is 4. The van der Waals surface area contributed by atoms with E-state index in [-0.39, 0.29) is 73.2 Å². The van der Waals surface area contributed by atoms with Crippen LogP contribution >= 0.6 is 0 Å². The first-order valence-corrected chi connectivity index (χ1v) is 21.4. The van der Waals surface area contributed by atoms with E-state index in [0.29, 0.717) is 48.6 Å². The summed E-state index contributed by atoms with van der Waals surface area (Å²) in [6.45, 7) is 5.69. The quantitative estimate of drug-likeness (QED) is 0.198. The van der Waals surface area contributed by atoms with E-state index in [1.54, 1.807) is 32.3 Å². The summed E-state index contributed by atoms with van der Waals surface area (Å²) >= 11 is 0. The van der Waals surface area contributed by atoms with Crippen LogP contribution in [0.1, 0.15) is 95.5 Å². The molecule has 0 bridgehead atoms. The molecule has 2 saturated carbocycles. The molecule has 4 aliphatic rings. The van der Waals surface area contributed by atoms with Crippen LogP contribution in [0.2, 0.25) is 0 Å². The van der Waals surface area contributed by atoms with E-state index >= 15 is 4.79 Å². The number of allylic oxidation sites excluding steroid dienone is 2. The normalized spacial score (nSPS) is 29.4. The Balaban J connectivity index is 1.26. The second-order valence-electron chi connectivity index (χ2n) is 16.9. The maximum atomic E-state index is 15.1. The van der Waals surface area contributed by atoms with Gasteiger partial charge >= 0.3 is 0 Å². The highest BCUT2D eigenvalue weighted by Crippen LogP contribution is 2.58. The fourth-order valence-electron chi connectivity index (χ4n) is 8.79. The van der Waals surface area contributed by atoms with Gasteiger partial charge in [-0.05, 0) is 87.5 Å². The predicted molar refractivity (Wildman–Crippen MR) is 209 cm³/mol. The minimum atomic E-state index is -3.98. The van der Waals surface area contributed by atoms with E-state index < -0.39 is 55.8 Å². The van der Waals surface area contributed by atoms with Crippen molar-refractivity contribution in [3.8, 4) is 11.6 Å². The van der Waals surface area contributed by atoms with Crippen molar-refractivity contribution in [2.75, 3.05) is 13.7 Å². The minimum absolute atomic E-state index is 0.0325. The highest BCUT2D eigenvalue weighted by Gasteiger charge is 2.62. The van der Waals surface area contributed by atoms with Crippen LogP contribution in [-0.4, -0.2) is 82.0 Å². The number of sulfonamides is 1. The Bertz CT molecular complexity index is 2220. The van der Waals surface area contributed by atoms with E-state index in [0.717, 1.165) is 6.42 Å². The lowest BCUT2D eigenvalue weighted by Gasteiger charge is -2.33. The first kappa shape index (κ1) is 40.5. The summed E-state index contributed by atoms with van der Waals surface area (Å²) in [5, 5.41) is 5.22. The molecule has 3 fully saturated rings. The maximum absolute atomic E-state index is 15.1. The molecule has 2 aliphatic heterocycles. The average molecular weight is 806 g/mol. The van der Waals surface area contributed by atoms with E-state index in [4.69, 9.17) is 9.47 Å². The van der Waals surface area contributed by atoms with Crippen molar-refractivity contribution < 1.29 is 41.5 Å². The topological polar surface area (TPSA) is 167 Å². The van der Waals surface area contributed by atoms with Crippen molar-refractivity contribution in [3.05, 3.63) is 60.3 Å². The fraction of sp³-hybridized carbons (Fsp3) is 0.571. The first-order valence-electron chi connectivity index (χ1n) is 20.0. The number of halogens is 1. The highest BCUT2D eigenvalue weighted by atomic mass is 32.2. The van der Waals surface area contributed by atoms with Crippen molar-refractivity contribution in [1.29, 1.82) is 0 Å². The van der Waals surface area contributed by atoms with Crippen LogP contribution in [0.5, 0.6) is 11.6 Å². The Labute approximate surface area is 332 Å². The van der Waals surface area contributed by atoms with Gasteiger partial charge in [-0.25, -0.2) is 17.8 Å². The number of pyridine rings is 1. The Morgan fingerprint density at radius 2 is 1.89 bits per heavy atom. The van der Waals surface area contributed by atoms with Gasteiger partial charge < -0.3 is 14.4 Å². The molecule has 0 radical (unpaired) electrons. The van der Waals surface area contributed by atoms with Crippen LogP contribution in [0.25, 0.3) is 10.8 Å². The number of aryl methyl sites for hydroxylation is 1. The second-order valence-corrected chi connectivity index (χ2v) is 19.1. The van der Waals surface area contributed by atoms with Gasteiger partial charge in [0, 0.05) is 43.8 Å². The molecule has 7 atom stereocenters. The summed E-state index contributed by atoms with van der Waals surface area (Å²) in [4.78, 5) is 63.5. The van der Waals surface area contributed by atoms with Gasteiger partial charge in [0.15, 0.2) is 11.6 Å². The zero-order chi connectivity index (χ0) is 40.9. The number of rotatable bonds is 10. The van der Waals surface area contributed by atoms with Gasteiger partial charge in [0.1, 0.15) is 23.4 Å². The molecule has 4 heterocycles. The number of hydrogen-bond acceptors (Lipinski definition) is 10. The summed E-state index contributed by atoms with van der Waals surface area (Å²) in [6.07, 6.45) is 9.90. The van der Waals surface area contributed by atoms with Crippen LogP contribution in [-0.2, 0) is 31.5 Å². The monoisotopic (exact) mass is 805 g/mol. The van der Waals surface area contributed by atoms with Gasteiger partial charge in [0.2, 0.25) is 27.7 Å². The summed E-state index contributed by atoms with van der Waals surface area (Å²) in [6, 6.07) is 4.72. The van der Waals surface area contributed by atoms with Gasteiger partial charge in [0.05, 0.1) is 41.4 Å². The third kappa shape index (κ3) is 8.08. The zero-order valence-electron chi connectivity index (χ0n) is 33.2. The molecule has 57 heavy (non-hydrogen) atoms. The molecule has 1 saturated heterocycles. The number of fused-ring (bicyclic) bond motifs is 3. The number of carbonyl (C=O) groups excluding carboxylic acids is 4. The number of amides is 2. The average Bonchev–Trinajstić information content (AvgIpc) is 3.98. The van der Waals surface area contributed by atoms with Gasteiger partial charge in [-0.3, -0.25) is 28.6 Å². The predicted octanol–water partition coefficient (Wildman–Crippen LogP) is 5.72. The molecular weight excluding hydrogens is 754 g/mol. The molecule has 2 aliphatic carbocycles. The lowest BCUT2D eigenvalue weighted by molar-refractivity contribution is -0.143. The smallest absolute Gasteiger partial charge is 0.240 e. The molecule has 1 N–H and O–H groups in total. The zero-order valence-corrected chi connectivity index (χ0v) is 34.0. The van der Waals surface area contributed by atoms with E-state index in [9.17, 15) is 27.2 Å². The molecule has 3 aromatic rings. The third-order valence-corrected chi connectivity index (χ3v) is 15.0. The van der Waals surface area contributed by atoms with Gasteiger partial charge in [0.25, 0.3) is 0 Å². The minimum Gasteiger partial charge on any atom is -0.494 e. The van der Waals surface area contributed by atoms with Crippen LogP contribution in [0.15, 0.2) is 48.8 Å². The van der Waals surface area contributed by atoms with Crippen LogP contribution in [0.3, 0.4) is 0 Å². The number of aromatic nitrogens is 3. The maximum Gasteiger partial charge on any atom is 0.240 e. The molecular formula is C42H52FN5O8S. The third-order valence-electron chi connectivity index (χ3n) is 12.8. The number of methoxy groups -OCH3 is 1. The van der Waals surface area contributed by atoms with Crippen molar-refractivity contribution in [1.82, 2.24) is 24.4 Å². The lowest BCUT2D eigenvalue weighted by Crippen LogP contribution is -2.48. The molecule has 1 aromatic carbocycles. The number of ether oxygens (including phenoxy) is 2. The van der Waals surface area contributed by atoms with Crippen molar-refractivity contribution in [2.24, 2.45) is 36.1 Å². The molecule has 13 nitrogen and oxygen atoms in total. The van der Waals surface area contributed by atoms with Crippen molar-refractivity contribution in [3.63, 3.8) is 0 Å².